The number of phenolic OH excluding ortho intramolecular Hbond substituents is 1. The molecule has 0 amide bonds. The van der Waals surface area contributed by atoms with Crippen LogP contribution in [0.2, 0.25) is 5.02 Å². The predicted molar refractivity (Wildman–Crippen MR) is 61.4 cm³/mol. The summed E-state index contributed by atoms with van der Waals surface area (Å²) in [7, 11) is 0. The molecule has 0 aliphatic heterocycles. The topological polar surface area (TPSA) is 116 Å². The summed E-state index contributed by atoms with van der Waals surface area (Å²) >= 11 is 5.64. The number of hydrogen-bond donors (Lipinski definition) is 4. The molecule has 0 aliphatic carbocycles. The number of halogens is 1. The van der Waals surface area contributed by atoms with Crippen molar-refractivity contribution in [1.82, 2.24) is 0 Å². The maximum atomic E-state index is 10.5. The third kappa shape index (κ3) is 3.45. The Labute approximate surface area is 101 Å². The average Bonchev–Trinajstić information content (AvgIpc) is 2.28. The van der Waals surface area contributed by atoms with E-state index >= 15 is 0 Å². The van der Waals surface area contributed by atoms with Crippen LogP contribution in [0.15, 0.2) is 12.1 Å². The van der Waals surface area contributed by atoms with E-state index < -0.39 is 23.3 Å². The quantitative estimate of drug-likeness (QED) is 0.353. The van der Waals surface area contributed by atoms with E-state index in [2.05, 4.69) is 5.32 Å². The van der Waals surface area contributed by atoms with Gasteiger partial charge in [-0.1, -0.05) is 11.6 Å². The first-order valence-electron chi connectivity index (χ1n) is 4.65. The van der Waals surface area contributed by atoms with Crippen LogP contribution >= 0.6 is 11.6 Å². The molecule has 0 bridgehead atoms. The van der Waals surface area contributed by atoms with Crippen molar-refractivity contribution in [2.24, 2.45) is 0 Å². The van der Waals surface area contributed by atoms with Gasteiger partial charge in [-0.15, -0.1) is 0 Å². The van der Waals surface area contributed by atoms with Gasteiger partial charge in [0.15, 0.2) is 0 Å². The highest BCUT2D eigenvalue weighted by atomic mass is 35.5. The smallest absolute Gasteiger partial charge is 0.291 e. The van der Waals surface area contributed by atoms with Crippen LogP contribution in [0.3, 0.4) is 0 Å². The van der Waals surface area contributed by atoms with Crippen LogP contribution in [0.1, 0.15) is 0 Å². The van der Waals surface area contributed by atoms with Crippen molar-refractivity contribution in [2.75, 3.05) is 18.5 Å². The minimum atomic E-state index is -0.997. The molecule has 1 unspecified atom stereocenters. The van der Waals surface area contributed by atoms with E-state index in [1.54, 1.807) is 0 Å². The Hall–Kier alpha value is -1.57. The van der Waals surface area contributed by atoms with E-state index in [1.807, 2.05) is 0 Å². The summed E-state index contributed by atoms with van der Waals surface area (Å²) in [4.78, 5) is 9.80. The van der Waals surface area contributed by atoms with E-state index in [0.717, 1.165) is 6.07 Å². The Kier molecular flexibility index (Phi) is 4.50. The van der Waals surface area contributed by atoms with Gasteiger partial charge in [0.2, 0.25) is 0 Å². The fraction of sp³-hybridized carbons (Fsp3) is 0.333. The SMILES string of the molecule is O=[N+]([O-])c1cc(O)c(NCC(O)CO)cc1Cl. The molecule has 1 aromatic carbocycles. The number of anilines is 1. The van der Waals surface area contributed by atoms with E-state index in [9.17, 15) is 15.2 Å². The van der Waals surface area contributed by atoms with Gasteiger partial charge < -0.3 is 20.6 Å². The molecule has 7 nitrogen and oxygen atoms in total. The molecule has 94 valence electrons. The highest BCUT2D eigenvalue weighted by molar-refractivity contribution is 6.33. The van der Waals surface area contributed by atoms with Crippen molar-refractivity contribution in [3.8, 4) is 5.75 Å². The molecule has 1 atom stereocenters. The van der Waals surface area contributed by atoms with Gasteiger partial charge in [0.1, 0.15) is 10.8 Å². The summed E-state index contributed by atoms with van der Waals surface area (Å²) in [6, 6.07) is 2.09. The molecule has 8 heteroatoms. The molecule has 0 saturated heterocycles. The Balaban J connectivity index is 2.88. The second-order valence-corrected chi connectivity index (χ2v) is 3.70. The van der Waals surface area contributed by atoms with Gasteiger partial charge in [-0.25, -0.2) is 0 Å². The number of nitro benzene ring substituents is 1. The van der Waals surface area contributed by atoms with Crippen LogP contribution in [0, 0.1) is 10.1 Å². The zero-order valence-corrected chi connectivity index (χ0v) is 9.39. The van der Waals surface area contributed by atoms with Crippen molar-refractivity contribution in [1.29, 1.82) is 0 Å². The lowest BCUT2D eigenvalue weighted by Crippen LogP contribution is -2.22. The molecule has 1 rings (SSSR count). The monoisotopic (exact) mass is 262 g/mol. The number of hydrogen-bond acceptors (Lipinski definition) is 6. The van der Waals surface area contributed by atoms with Crippen molar-refractivity contribution in [3.63, 3.8) is 0 Å². The third-order valence-electron chi connectivity index (χ3n) is 2.00. The Bertz CT molecular complexity index is 426. The number of nitro groups is 1. The molecule has 1 aromatic rings. The molecule has 0 aromatic heterocycles. The number of aromatic hydroxyl groups is 1. The second kappa shape index (κ2) is 5.67. The summed E-state index contributed by atoms with van der Waals surface area (Å²) in [6.45, 7) is -0.452. The number of nitrogens with zero attached hydrogens (tertiary/aromatic N) is 1. The average molecular weight is 263 g/mol. The van der Waals surface area contributed by atoms with E-state index in [1.165, 1.54) is 6.07 Å². The molecule has 4 N–H and O–H groups in total. The largest absolute Gasteiger partial charge is 0.506 e. The molecule has 17 heavy (non-hydrogen) atoms. The predicted octanol–water partition coefficient (Wildman–Crippen LogP) is 0.719. The first-order valence-corrected chi connectivity index (χ1v) is 5.03. The minimum Gasteiger partial charge on any atom is -0.506 e. The van der Waals surface area contributed by atoms with Crippen LogP contribution in [-0.2, 0) is 0 Å². The van der Waals surface area contributed by atoms with Crippen molar-refractivity contribution < 1.29 is 20.2 Å². The molecule has 0 radical (unpaired) electrons. The number of rotatable bonds is 5. The van der Waals surface area contributed by atoms with Gasteiger partial charge in [-0.2, -0.15) is 0 Å². The lowest BCUT2D eigenvalue weighted by Gasteiger charge is -2.11. The number of aliphatic hydroxyl groups excluding tert-OH is 2. The lowest BCUT2D eigenvalue weighted by atomic mass is 10.2. The van der Waals surface area contributed by atoms with Gasteiger partial charge in [0.05, 0.1) is 29.4 Å². The van der Waals surface area contributed by atoms with E-state index in [0.29, 0.717) is 0 Å². The fourth-order valence-corrected chi connectivity index (χ4v) is 1.36. The van der Waals surface area contributed by atoms with Crippen LogP contribution in [0.4, 0.5) is 11.4 Å². The zero-order valence-electron chi connectivity index (χ0n) is 8.63. The number of benzene rings is 1. The van der Waals surface area contributed by atoms with Crippen molar-refractivity contribution >= 4 is 23.0 Å². The Morgan fingerprint density at radius 3 is 2.71 bits per heavy atom. The molecular weight excluding hydrogens is 252 g/mol. The highest BCUT2D eigenvalue weighted by Crippen LogP contribution is 2.34. The standard InChI is InChI=1S/C9H11ClN2O5/c10-6-1-7(11-3-5(14)4-13)9(15)2-8(6)12(16)17/h1-2,5,11,13-15H,3-4H2. The molecule has 0 aliphatic rings. The summed E-state index contributed by atoms with van der Waals surface area (Å²) in [5.41, 5.74) is -0.259. The highest BCUT2D eigenvalue weighted by Gasteiger charge is 2.16. The normalized spacial score (nSPS) is 12.2. The Morgan fingerprint density at radius 2 is 2.18 bits per heavy atom. The van der Waals surface area contributed by atoms with Crippen LogP contribution in [-0.4, -0.2) is 39.5 Å². The van der Waals surface area contributed by atoms with Crippen LogP contribution in [0.25, 0.3) is 0 Å². The van der Waals surface area contributed by atoms with Gasteiger partial charge in [0, 0.05) is 6.54 Å². The van der Waals surface area contributed by atoms with Crippen LogP contribution < -0.4 is 5.32 Å². The lowest BCUT2D eigenvalue weighted by molar-refractivity contribution is -0.384. The summed E-state index contributed by atoms with van der Waals surface area (Å²) < 4.78 is 0. The number of aliphatic hydroxyl groups is 2. The van der Waals surface area contributed by atoms with E-state index in [4.69, 9.17) is 21.8 Å². The first-order chi connectivity index (χ1) is 7.95. The molecule has 0 heterocycles. The zero-order chi connectivity index (χ0) is 13.0. The third-order valence-corrected chi connectivity index (χ3v) is 2.30. The van der Waals surface area contributed by atoms with Gasteiger partial charge in [-0.05, 0) is 6.07 Å². The molecular formula is C9H11ClN2O5. The maximum Gasteiger partial charge on any atom is 0.291 e. The van der Waals surface area contributed by atoms with Crippen molar-refractivity contribution in [3.05, 3.63) is 27.3 Å². The van der Waals surface area contributed by atoms with E-state index in [-0.39, 0.29) is 23.0 Å². The van der Waals surface area contributed by atoms with Gasteiger partial charge >= 0.3 is 0 Å². The summed E-state index contributed by atoms with van der Waals surface area (Å²) in [5.74, 6) is -0.355. The molecule has 0 fully saturated rings. The second-order valence-electron chi connectivity index (χ2n) is 3.30. The van der Waals surface area contributed by atoms with Crippen LogP contribution in [0.5, 0.6) is 5.75 Å². The maximum absolute atomic E-state index is 10.5. The fourth-order valence-electron chi connectivity index (χ4n) is 1.12. The van der Waals surface area contributed by atoms with Gasteiger partial charge in [0.25, 0.3) is 5.69 Å². The summed E-state index contributed by atoms with van der Waals surface area (Å²) in [6.07, 6.45) is -0.997. The molecule has 0 saturated carbocycles. The first kappa shape index (κ1) is 13.5. The van der Waals surface area contributed by atoms with Gasteiger partial charge in [-0.3, -0.25) is 10.1 Å². The molecule has 0 spiro atoms. The number of nitrogens with one attached hydrogen (secondary N) is 1. The minimum absolute atomic E-state index is 0.0157. The Morgan fingerprint density at radius 1 is 1.53 bits per heavy atom. The number of phenols is 1. The summed E-state index contributed by atoms with van der Waals surface area (Å²) in [5, 5.41) is 40.1. The van der Waals surface area contributed by atoms with Crippen molar-refractivity contribution in [2.45, 2.75) is 6.10 Å².